The van der Waals surface area contributed by atoms with Crippen LogP contribution in [-0.4, -0.2) is 180 Å². The van der Waals surface area contributed by atoms with Gasteiger partial charge in [-0.3, -0.25) is 19.3 Å². The Morgan fingerprint density at radius 2 is 1.48 bits per heavy atom. The van der Waals surface area contributed by atoms with E-state index in [1.54, 1.807) is 29.0 Å². The minimum atomic E-state index is -5.79. The summed E-state index contributed by atoms with van der Waals surface area (Å²) < 4.78 is 144. The molecule has 4 unspecified atom stereocenters. The summed E-state index contributed by atoms with van der Waals surface area (Å²) >= 11 is 5.33. The number of phosphoric ester groups is 1. The van der Waals surface area contributed by atoms with Gasteiger partial charge in [0.15, 0.2) is 5.36 Å². The minimum Gasteiger partial charge on any atom is -0.456 e. The number of aryl methyl sites for hydroxylation is 1. The third kappa shape index (κ3) is 33.1. The quantitative estimate of drug-likeness (QED) is 0.00524. The van der Waals surface area contributed by atoms with Gasteiger partial charge in [0, 0.05) is 77.0 Å². The Balaban J connectivity index is 0.00000246. The second-order valence-electron chi connectivity index (χ2n) is 20.7. The molecule has 0 spiro atoms. The summed E-state index contributed by atoms with van der Waals surface area (Å²) in [6, 6.07) is 16.6. The lowest BCUT2D eigenvalue weighted by molar-refractivity contribution is -0.172. The van der Waals surface area contributed by atoms with Crippen molar-refractivity contribution >= 4 is 127 Å². The normalized spacial score (nSPS) is 15.9. The van der Waals surface area contributed by atoms with Gasteiger partial charge < -0.3 is 84.6 Å². The number of alkyl carbamates (subject to hydrolysis) is 2. The van der Waals surface area contributed by atoms with Crippen LogP contribution in [0.5, 0.6) is 0 Å². The zero-order chi connectivity index (χ0) is 73.5. The number of carbonyl (C=O) groups is 3. The predicted molar refractivity (Wildman–Crippen MR) is 362 cm³/mol. The summed E-state index contributed by atoms with van der Waals surface area (Å²) in [5, 5.41) is 15.6. The van der Waals surface area contributed by atoms with Crippen molar-refractivity contribution in [2.45, 2.75) is 76.6 Å². The molecule has 36 nitrogen and oxygen atoms in total. The number of rotatable bonds is 36. The van der Waals surface area contributed by atoms with Gasteiger partial charge in [0.05, 0.1) is 76.5 Å². The number of aromatic nitrogens is 2. The van der Waals surface area contributed by atoms with Crippen molar-refractivity contribution in [1.29, 1.82) is 0 Å². The molecule has 1 saturated heterocycles. The van der Waals surface area contributed by atoms with Gasteiger partial charge in [-0.1, -0.05) is 55.9 Å². The molecule has 0 saturated carbocycles. The SMILES string of the molecule is CCS(=S)COC1C[C@H](n2cc(C#CCNC(=O)OCCCCOCSSC(C)(C)CCOC(=O)NCCOCCOCCNC(=O)c3ccc(C)c(-c4c5ccc(=[NH2+])cc-5oc5cc(N)ccc45)c3)c(N)nc2=O)O[C@@H]1COP(=O)(O)OP(=O)(O)OP(=O)(O)O.O=S(=O)=O.O=S(=O)=O. The van der Waals surface area contributed by atoms with Gasteiger partial charge in [0.1, 0.15) is 35.4 Å². The third-order valence-electron chi connectivity index (χ3n) is 12.8. The predicted octanol–water partition coefficient (Wildman–Crippen LogP) is 2.53. The van der Waals surface area contributed by atoms with Crippen molar-refractivity contribution in [2.24, 2.45) is 0 Å². The number of phosphoric acid groups is 3. The number of amides is 3. The lowest BCUT2D eigenvalue weighted by Crippen LogP contribution is -2.44. The van der Waals surface area contributed by atoms with Gasteiger partial charge in [0.2, 0.25) is 0 Å². The molecule has 3 heterocycles. The van der Waals surface area contributed by atoms with E-state index in [1.807, 2.05) is 64.1 Å². The standard InChI is InChI=1S/C54H73N8O22P3S4.2O3S/c1-5-91(88)34-79-45-30-47(82-46(45)32-80-86(70,71)84-87(72,73)83-85(67,68)69)62-31-37(49(57)61-51(62)64)9-8-17-59-52(65)77-21-7-6-20-76-33-89-90-54(3,4)16-22-78-53(66)60-19-24-75-26-25-74-23-18-58-50(63)36-11-10-35(2)42(27-36)48-40-14-12-38(55)28-43(40)81-44-29-39(56)13-15-41(44)48;2*1-4(2)3/h10-15,27-29,31,45-47,55H,5-7,16-26,30,32-34,56H2,1-4H3,(H,58,63)(H,59,65)(H,60,66)(H,70,71)(H,72,73)(H2,57,61,64)(H2,67,68,69);;/p+1/t45?,46-,47-,91?;;/m1../s1. The molecule has 2 aromatic carbocycles. The monoisotopic (exact) mass is 1570 g/mol. The highest BCUT2D eigenvalue weighted by Crippen LogP contribution is 2.66. The number of anilines is 2. The van der Waals surface area contributed by atoms with E-state index in [2.05, 4.69) is 41.4 Å². The number of hydrogen-bond donors (Lipinski definition) is 10. The minimum absolute atomic E-state index is 0.0479. The van der Waals surface area contributed by atoms with E-state index in [4.69, 9.17) is 105 Å². The van der Waals surface area contributed by atoms with E-state index in [1.165, 1.54) is 17.0 Å². The molecule has 3 amide bonds. The molecule has 0 radical (unpaired) electrons. The lowest BCUT2D eigenvalue weighted by Gasteiger charge is -2.22. The highest BCUT2D eigenvalue weighted by molar-refractivity contribution is 8.77. The van der Waals surface area contributed by atoms with Gasteiger partial charge in [-0.2, -0.15) is 13.6 Å². The number of carbonyl (C=O) groups excluding carboxylic acids is 3. The molecular weight excluding hydrogens is 1490 g/mol. The van der Waals surface area contributed by atoms with Crippen LogP contribution in [0, 0.1) is 18.8 Å². The molecule has 0 bridgehead atoms. The number of nitrogen functional groups attached to an aromatic ring is 2. The number of benzene rings is 3. The van der Waals surface area contributed by atoms with Gasteiger partial charge in [-0.05, 0) is 98.4 Å². The molecule has 45 heteroatoms. The fourth-order valence-corrected chi connectivity index (χ4v) is 14.3. The van der Waals surface area contributed by atoms with Crippen LogP contribution in [0.3, 0.4) is 0 Å². The fraction of sp³-hybridized carbons (Fsp3) is 0.481. The molecule has 1 aliphatic carbocycles. The van der Waals surface area contributed by atoms with Crippen LogP contribution in [0.25, 0.3) is 33.4 Å². The first-order valence-corrected chi connectivity index (χ1v) is 40.3. The van der Waals surface area contributed by atoms with Crippen LogP contribution in [-0.2, 0) is 102 Å². The topological polar surface area (TPSA) is 540 Å². The van der Waals surface area contributed by atoms with Crippen LogP contribution in [0.1, 0.15) is 74.2 Å². The second kappa shape index (κ2) is 42.4. The van der Waals surface area contributed by atoms with Gasteiger partial charge >= 0.3 is 62.6 Å². The second-order valence-corrected chi connectivity index (χ2v) is 32.0. The molecular formula is C54H74N8O28P3S6+. The summed E-state index contributed by atoms with van der Waals surface area (Å²) in [6.07, 6.45) is -1.70. The molecule has 13 N–H and O–H groups in total. The maximum Gasteiger partial charge on any atom is 0.490 e. The van der Waals surface area contributed by atoms with E-state index in [9.17, 15) is 42.7 Å². The van der Waals surface area contributed by atoms with Crippen molar-refractivity contribution in [3.05, 3.63) is 93.3 Å². The van der Waals surface area contributed by atoms with Crippen LogP contribution in [0.4, 0.5) is 21.1 Å². The maximum atomic E-state index is 13.2. The number of unbranched alkanes of at least 4 members (excludes halogenated alkanes) is 1. The Hall–Kier alpha value is -6.10. The highest BCUT2D eigenvalue weighted by atomic mass is 33.1. The van der Waals surface area contributed by atoms with E-state index in [0.717, 1.165) is 32.2 Å². The van der Waals surface area contributed by atoms with Crippen molar-refractivity contribution in [3.8, 4) is 34.3 Å². The number of nitrogens with two attached hydrogens (primary N) is 3. The van der Waals surface area contributed by atoms with Crippen LogP contribution < -0.4 is 43.9 Å². The largest absolute Gasteiger partial charge is 0.490 e. The Morgan fingerprint density at radius 3 is 2.16 bits per heavy atom. The smallest absolute Gasteiger partial charge is 0.456 e. The third-order valence-corrected chi connectivity index (χ3v) is 21.7. The summed E-state index contributed by atoms with van der Waals surface area (Å²) in [6.45, 7) is 9.22. The van der Waals surface area contributed by atoms with Gasteiger partial charge in [0.25, 0.3) is 5.91 Å². The Morgan fingerprint density at radius 1 is 0.828 bits per heavy atom. The highest BCUT2D eigenvalue weighted by Gasteiger charge is 2.44. The van der Waals surface area contributed by atoms with Crippen LogP contribution >= 0.6 is 45.1 Å². The number of nitrogens with one attached hydrogen (secondary N) is 3. The number of nitrogens with zero attached hydrogens (tertiary/aromatic N) is 2. The summed E-state index contributed by atoms with van der Waals surface area (Å²) in [4.78, 5) is 91.6. The molecule has 1 fully saturated rings. The molecule has 6 rings (SSSR count). The molecule has 3 aromatic rings. The van der Waals surface area contributed by atoms with Gasteiger partial charge in [-0.15, -0.1) is 25.3 Å². The maximum absolute atomic E-state index is 13.2. The first kappa shape index (κ1) is 85.3. The Kier molecular flexibility index (Phi) is 36.5. The van der Waals surface area contributed by atoms with Crippen molar-refractivity contribution in [1.82, 2.24) is 25.5 Å². The van der Waals surface area contributed by atoms with E-state index >= 15 is 0 Å². The van der Waals surface area contributed by atoms with E-state index < -0.39 is 97.1 Å². The molecule has 1 aromatic heterocycles. The zero-order valence-electron chi connectivity index (χ0n) is 53.2. The van der Waals surface area contributed by atoms with Crippen molar-refractivity contribution < 1.29 is 129 Å². The molecule has 99 heavy (non-hydrogen) atoms. The van der Waals surface area contributed by atoms with Crippen LogP contribution in [0.15, 0.2) is 70.0 Å². The zero-order valence-corrected chi connectivity index (χ0v) is 60.8. The van der Waals surface area contributed by atoms with E-state index in [-0.39, 0.29) is 87.1 Å². The summed E-state index contributed by atoms with van der Waals surface area (Å²) in [5.41, 5.74) is 16.5. The number of ether oxygens (including phenoxy) is 7. The summed E-state index contributed by atoms with van der Waals surface area (Å²) in [7, 11) is -20.7. The first-order valence-electron chi connectivity index (χ1n) is 29.0. The van der Waals surface area contributed by atoms with Crippen molar-refractivity contribution in [3.63, 3.8) is 0 Å². The average Bonchev–Trinajstić information content (AvgIpc) is 1.28. The molecule has 2 aliphatic heterocycles. The molecule has 548 valence electrons. The van der Waals surface area contributed by atoms with E-state index in [0.29, 0.717) is 72.1 Å². The summed E-state index contributed by atoms with van der Waals surface area (Å²) in [5.74, 6) is 6.55. The first-order chi connectivity index (χ1) is 46.6. The average molecular weight is 1570 g/mol. The number of hydrogen-bond acceptors (Lipinski definition) is 30. The molecule has 3 aliphatic rings. The van der Waals surface area contributed by atoms with Crippen molar-refractivity contribution in [2.75, 3.05) is 102 Å². The Bertz CT molecular complexity index is 4100. The Labute approximate surface area is 584 Å². The number of fused-ring (bicyclic) bond motifs is 2. The van der Waals surface area contributed by atoms with Crippen LogP contribution in [0.2, 0.25) is 0 Å². The fourth-order valence-electron chi connectivity index (χ4n) is 8.37. The van der Waals surface area contributed by atoms with Gasteiger partial charge in [-0.25, -0.2) is 28.1 Å². The molecule has 6 atom stereocenters. The lowest BCUT2D eigenvalue weighted by atomic mass is 9.90.